The van der Waals surface area contributed by atoms with Crippen molar-refractivity contribution in [1.29, 1.82) is 0 Å². The van der Waals surface area contributed by atoms with E-state index in [2.05, 4.69) is 15.9 Å². The Balaban J connectivity index is 2.11. The zero-order valence-corrected chi connectivity index (χ0v) is 18.2. The summed E-state index contributed by atoms with van der Waals surface area (Å²) < 4.78 is 10.6. The molecule has 156 valence electrons. The standard InChI is InChI=1S/C22H26BrNO5/c1-28-20(25)16-22(27,18-6-4-3-5-7-18)13-15-24(21(26)29-2)14-12-17-8-10-19(23)11-9-17/h3-11,27H,12-16H2,1-2H3/t22-/m0/s1. The second kappa shape index (κ2) is 11.0. The van der Waals surface area contributed by atoms with E-state index in [-0.39, 0.29) is 19.4 Å². The highest BCUT2D eigenvalue weighted by Crippen LogP contribution is 2.30. The van der Waals surface area contributed by atoms with Gasteiger partial charge in [-0.15, -0.1) is 0 Å². The zero-order valence-electron chi connectivity index (χ0n) is 16.6. The lowest BCUT2D eigenvalue weighted by Crippen LogP contribution is -2.39. The number of carbonyl (C=O) groups is 2. The van der Waals surface area contributed by atoms with E-state index in [1.807, 2.05) is 30.3 Å². The molecular weight excluding hydrogens is 438 g/mol. The number of ether oxygens (including phenoxy) is 2. The van der Waals surface area contributed by atoms with Gasteiger partial charge in [-0.05, 0) is 36.1 Å². The summed E-state index contributed by atoms with van der Waals surface area (Å²) in [4.78, 5) is 25.7. The van der Waals surface area contributed by atoms with Crippen molar-refractivity contribution >= 4 is 28.0 Å². The molecule has 6 nitrogen and oxygen atoms in total. The van der Waals surface area contributed by atoms with E-state index >= 15 is 0 Å². The van der Waals surface area contributed by atoms with Crippen LogP contribution in [0.25, 0.3) is 0 Å². The van der Waals surface area contributed by atoms with Gasteiger partial charge in [0.2, 0.25) is 0 Å². The Morgan fingerprint density at radius 1 is 1.00 bits per heavy atom. The van der Waals surface area contributed by atoms with Crippen molar-refractivity contribution < 1.29 is 24.2 Å². The van der Waals surface area contributed by atoms with E-state index in [4.69, 9.17) is 9.47 Å². The third-order valence-electron chi connectivity index (χ3n) is 4.79. The summed E-state index contributed by atoms with van der Waals surface area (Å²) >= 11 is 3.40. The molecule has 29 heavy (non-hydrogen) atoms. The molecule has 2 aromatic carbocycles. The summed E-state index contributed by atoms with van der Waals surface area (Å²) in [5.41, 5.74) is 0.233. The molecule has 0 aliphatic carbocycles. The number of methoxy groups -OCH3 is 2. The van der Waals surface area contributed by atoms with Crippen LogP contribution in [0.15, 0.2) is 59.1 Å². The quantitative estimate of drug-likeness (QED) is 0.570. The van der Waals surface area contributed by atoms with Crippen molar-refractivity contribution in [2.24, 2.45) is 0 Å². The Hall–Kier alpha value is -2.38. The lowest BCUT2D eigenvalue weighted by Gasteiger charge is -2.31. The fourth-order valence-corrected chi connectivity index (χ4v) is 3.32. The molecule has 0 heterocycles. The Kier molecular flexibility index (Phi) is 8.67. The lowest BCUT2D eigenvalue weighted by molar-refractivity contribution is -0.147. The lowest BCUT2D eigenvalue weighted by atomic mass is 9.87. The van der Waals surface area contributed by atoms with Crippen LogP contribution in [0.3, 0.4) is 0 Å². The van der Waals surface area contributed by atoms with E-state index in [1.54, 1.807) is 24.3 Å². The zero-order chi connectivity index (χ0) is 21.3. The molecule has 1 atom stereocenters. The average Bonchev–Trinajstić information content (AvgIpc) is 2.75. The fraction of sp³-hybridized carbons (Fsp3) is 0.364. The number of hydrogen-bond acceptors (Lipinski definition) is 5. The number of esters is 1. The van der Waals surface area contributed by atoms with E-state index in [9.17, 15) is 14.7 Å². The van der Waals surface area contributed by atoms with Gasteiger partial charge in [-0.3, -0.25) is 4.79 Å². The SMILES string of the molecule is COC(=O)C[C@@](O)(CCN(CCc1ccc(Br)cc1)C(=O)OC)c1ccccc1. The van der Waals surface area contributed by atoms with Crippen molar-refractivity contribution in [3.63, 3.8) is 0 Å². The van der Waals surface area contributed by atoms with Crippen molar-refractivity contribution in [3.8, 4) is 0 Å². The first-order chi connectivity index (χ1) is 13.9. The highest BCUT2D eigenvalue weighted by molar-refractivity contribution is 9.10. The summed E-state index contributed by atoms with van der Waals surface area (Å²) in [6.07, 6.45) is 0.135. The van der Waals surface area contributed by atoms with Gasteiger partial charge in [0, 0.05) is 17.6 Å². The minimum Gasteiger partial charge on any atom is -0.469 e. The van der Waals surface area contributed by atoms with Gasteiger partial charge in [0.1, 0.15) is 5.60 Å². The number of benzene rings is 2. The molecule has 7 heteroatoms. The van der Waals surface area contributed by atoms with Crippen LogP contribution < -0.4 is 0 Å². The summed E-state index contributed by atoms with van der Waals surface area (Å²) in [5.74, 6) is -0.518. The third-order valence-corrected chi connectivity index (χ3v) is 5.32. The Labute approximate surface area is 179 Å². The highest BCUT2D eigenvalue weighted by atomic mass is 79.9. The van der Waals surface area contributed by atoms with Gasteiger partial charge in [0.25, 0.3) is 0 Å². The molecule has 0 unspecified atom stereocenters. The highest BCUT2D eigenvalue weighted by Gasteiger charge is 2.33. The molecule has 2 rings (SSSR count). The van der Waals surface area contributed by atoms with Crippen LogP contribution in [-0.4, -0.2) is 49.4 Å². The second-order valence-corrected chi connectivity index (χ2v) is 7.65. The first kappa shape index (κ1) is 22.9. The number of halogens is 1. The fourth-order valence-electron chi connectivity index (χ4n) is 3.05. The number of rotatable bonds is 9. The van der Waals surface area contributed by atoms with Crippen LogP contribution in [-0.2, 0) is 26.3 Å². The summed E-state index contributed by atoms with van der Waals surface area (Å²) in [5, 5.41) is 11.2. The molecule has 0 saturated carbocycles. The number of carbonyl (C=O) groups excluding carboxylic acids is 2. The number of nitrogens with zero attached hydrogens (tertiary/aromatic N) is 1. The van der Waals surface area contributed by atoms with Gasteiger partial charge < -0.3 is 19.5 Å². The second-order valence-electron chi connectivity index (χ2n) is 6.73. The predicted octanol–water partition coefficient (Wildman–Crippen LogP) is 3.90. The average molecular weight is 464 g/mol. The maximum atomic E-state index is 12.2. The largest absolute Gasteiger partial charge is 0.469 e. The van der Waals surface area contributed by atoms with Gasteiger partial charge in [0.05, 0.1) is 20.6 Å². The molecule has 0 aliphatic rings. The number of aliphatic hydroxyl groups is 1. The normalized spacial score (nSPS) is 12.7. The molecule has 0 radical (unpaired) electrons. The van der Waals surface area contributed by atoms with Crippen LogP contribution in [0, 0.1) is 0 Å². The van der Waals surface area contributed by atoms with Crippen LogP contribution in [0.4, 0.5) is 4.79 Å². The van der Waals surface area contributed by atoms with Crippen LogP contribution in [0.2, 0.25) is 0 Å². The molecule has 0 saturated heterocycles. The Morgan fingerprint density at radius 3 is 2.24 bits per heavy atom. The topological polar surface area (TPSA) is 76.1 Å². The molecule has 2 aromatic rings. The predicted molar refractivity (Wildman–Crippen MR) is 113 cm³/mol. The van der Waals surface area contributed by atoms with Crippen LogP contribution in [0.5, 0.6) is 0 Å². The molecule has 1 N–H and O–H groups in total. The summed E-state index contributed by atoms with van der Waals surface area (Å²) in [7, 11) is 2.61. The molecule has 0 spiro atoms. The maximum Gasteiger partial charge on any atom is 0.409 e. The summed E-state index contributed by atoms with van der Waals surface area (Å²) in [6.45, 7) is 0.656. The first-order valence-corrected chi connectivity index (χ1v) is 10.1. The van der Waals surface area contributed by atoms with Crippen molar-refractivity contribution in [2.45, 2.75) is 24.9 Å². The molecule has 0 aliphatic heterocycles. The minimum absolute atomic E-state index is 0.168. The molecule has 0 fully saturated rings. The molecule has 1 amide bonds. The third kappa shape index (κ3) is 6.87. The van der Waals surface area contributed by atoms with Gasteiger partial charge in [-0.1, -0.05) is 58.4 Å². The van der Waals surface area contributed by atoms with E-state index < -0.39 is 17.7 Å². The molecular formula is C22H26BrNO5. The van der Waals surface area contributed by atoms with Gasteiger partial charge in [0.15, 0.2) is 0 Å². The molecule has 0 bridgehead atoms. The minimum atomic E-state index is -1.45. The van der Waals surface area contributed by atoms with Crippen LogP contribution in [0.1, 0.15) is 24.0 Å². The number of hydrogen-bond donors (Lipinski definition) is 1. The van der Waals surface area contributed by atoms with Gasteiger partial charge >= 0.3 is 12.1 Å². The first-order valence-electron chi connectivity index (χ1n) is 9.30. The van der Waals surface area contributed by atoms with Crippen molar-refractivity contribution in [3.05, 3.63) is 70.2 Å². The summed E-state index contributed by atoms with van der Waals surface area (Å²) in [6, 6.07) is 16.8. The van der Waals surface area contributed by atoms with Crippen molar-refractivity contribution in [1.82, 2.24) is 4.90 Å². The molecule has 0 aromatic heterocycles. The Bertz CT molecular complexity index is 797. The van der Waals surface area contributed by atoms with Gasteiger partial charge in [-0.25, -0.2) is 4.79 Å². The maximum absolute atomic E-state index is 12.2. The monoisotopic (exact) mass is 463 g/mol. The van der Waals surface area contributed by atoms with E-state index in [0.29, 0.717) is 18.5 Å². The van der Waals surface area contributed by atoms with E-state index in [1.165, 1.54) is 19.1 Å². The number of amides is 1. The smallest absolute Gasteiger partial charge is 0.409 e. The van der Waals surface area contributed by atoms with E-state index in [0.717, 1.165) is 10.0 Å². The van der Waals surface area contributed by atoms with Crippen LogP contribution >= 0.6 is 15.9 Å². The Morgan fingerprint density at radius 2 is 1.66 bits per heavy atom. The van der Waals surface area contributed by atoms with Crippen molar-refractivity contribution in [2.75, 3.05) is 27.3 Å². The van der Waals surface area contributed by atoms with Gasteiger partial charge in [-0.2, -0.15) is 0 Å².